The molecule has 0 saturated heterocycles. The molecule has 0 saturated carbocycles. The quantitative estimate of drug-likeness (QED) is 0.861. The fourth-order valence-electron chi connectivity index (χ4n) is 2.27. The van der Waals surface area contributed by atoms with Gasteiger partial charge >= 0.3 is 0 Å². The monoisotopic (exact) mass is 317 g/mol. The highest BCUT2D eigenvalue weighted by molar-refractivity contribution is 5.94. The van der Waals surface area contributed by atoms with Gasteiger partial charge in [0.05, 0.1) is 0 Å². The van der Waals surface area contributed by atoms with Crippen molar-refractivity contribution in [1.29, 1.82) is 0 Å². The normalized spacial score (nSPS) is 11.8. The maximum absolute atomic E-state index is 13.1. The Balaban J connectivity index is 2.02. The number of aliphatic hydroxyl groups excluding tert-OH is 1. The largest absolute Gasteiger partial charge is 0.491 e. The molecule has 0 spiro atoms. The third kappa shape index (κ3) is 4.53. The second-order valence-electron chi connectivity index (χ2n) is 5.21. The number of carbonyl (C=O) groups excluding carboxylic acids is 1. The summed E-state index contributed by atoms with van der Waals surface area (Å²) >= 11 is 0. The highest BCUT2D eigenvalue weighted by atomic mass is 19.1. The molecule has 23 heavy (non-hydrogen) atoms. The number of nitrogens with one attached hydrogen (secondary N) is 1. The van der Waals surface area contributed by atoms with Crippen LogP contribution in [-0.4, -0.2) is 24.2 Å². The zero-order valence-electron chi connectivity index (χ0n) is 13.2. The van der Waals surface area contributed by atoms with Crippen molar-refractivity contribution in [1.82, 2.24) is 5.32 Å². The molecule has 0 radical (unpaired) electrons. The van der Waals surface area contributed by atoms with Gasteiger partial charge in [0.2, 0.25) is 0 Å². The topological polar surface area (TPSA) is 58.6 Å². The molecule has 2 aromatic carbocycles. The smallest absolute Gasteiger partial charge is 0.251 e. The summed E-state index contributed by atoms with van der Waals surface area (Å²) in [6.07, 6.45) is -0.872. The lowest BCUT2D eigenvalue weighted by molar-refractivity contribution is 0.0954. The van der Waals surface area contributed by atoms with Crippen LogP contribution < -0.4 is 10.1 Å². The lowest BCUT2D eigenvalue weighted by atomic mass is 10.0. The Labute approximate surface area is 134 Å². The lowest BCUT2D eigenvalue weighted by Crippen LogP contribution is -2.22. The van der Waals surface area contributed by atoms with E-state index in [1.165, 1.54) is 12.1 Å². The first kappa shape index (κ1) is 17.0. The summed E-state index contributed by atoms with van der Waals surface area (Å²) < 4.78 is 18.6. The number of halogens is 1. The Morgan fingerprint density at radius 2 is 2.09 bits per heavy atom. The number of ether oxygens (including phenoxy) is 1. The molecule has 0 heterocycles. The number of rotatable bonds is 6. The zero-order valence-corrected chi connectivity index (χ0v) is 13.2. The fourth-order valence-corrected chi connectivity index (χ4v) is 2.27. The standard InChI is InChI=1S/C18H20FNO3/c1-3-20-18(22)13-5-4-6-15(10-13)23-11-17(21)16-8-7-14(19)9-12(16)2/h4-10,17,21H,3,11H2,1-2H3,(H,20,22). The summed E-state index contributed by atoms with van der Waals surface area (Å²) in [5, 5.41) is 12.9. The van der Waals surface area contributed by atoms with E-state index in [-0.39, 0.29) is 18.3 Å². The summed E-state index contributed by atoms with van der Waals surface area (Å²) in [6, 6.07) is 11.0. The first-order valence-corrected chi connectivity index (χ1v) is 7.46. The van der Waals surface area contributed by atoms with Crippen molar-refractivity contribution in [2.45, 2.75) is 20.0 Å². The zero-order chi connectivity index (χ0) is 16.8. The second kappa shape index (κ2) is 7.74. The predicted molar refractivity (Wildman–Crippen MR) is 86.0 cm³/mol. The first-order chi connectivity index (χ1) is 11.0. The van der Waals surface area contributed by atoms with Gasteiger partial charge in [-0.25, -0.2) is 4.39 Å². The maximum atomic E-state index is 13.1. The van der Waals surface area contributed by atoms with Crippen molar-refractivity contribution in [2.24, 2.45) is 0 Å². The summed E-state index contributed by atoms with van der Waals surface area (Å²) in [5.41, 5.74) is 1.78. The SMILES string of the molecule is CCNC(=O)c1cccc(OCC(O)c2ccc(F)cc2C)c1. The number of aliphatic hydroxyl groups is 1. The minimum atomic E-state index is -0.872. The predicted octanol–water partition coefficient (Wildman–Crippen LogP) is 3.00. The number of aryl methyl sites for hydroxylation is 1. The summed E-state index contributed by atoms with van der Waals surface area (Å²) in [4.78, 5) is 11.8. The summed E-state index contributed by atoms with van der Waals surface area (Å²) in [5.74, 6) is -0.0190. The van der Waals surface area contributed by atoms with Crippen LogP contribution in [0.5, 0.6) is 5.75 Å². The van der Waals surface area contributed by atoms with Crippen LogP contribution in [0.1, 0.15) is 34.5 Å². The molecule has 0 aliphatic heterocycles. The van der Waals surface area contributed by atoms with Crippen molar-refractivity contribution >= 4 is 5.91 Å². The molecule has 1 atom stereocenters. The molecule has 0 bridgehead atoms. The van der Waals surface area contributed by atoms with Crippen molar-refractivity contribution < 1.29 is 19.0 Å². The van der Waals surface area contributed by atoms with Crippen LogP contribution in [-0.2, 0) is 0 Å². The first-order valence-electron chi connectivity index (χ1n) is 7.46. The average molecular weight is 317 g/mol. The van der Waals surface area contributed by atoms with E-state index in [2.05, 4.69) is 5.32 Å². The number of hydrogen-bond acceptors (Lipinski definition) is 3. The van der Waals surface area contributed by atoms with Crippen LogP contribution >= 0.6 is 0 Å². The van der Waals surface area contributed by atoms with E-state index in [4.69, 9.17) is 4.74 Å². The van der Waals surface area contributed by atoms with E-state index in [1.807, 2.05) is 6.92 Å². The highest BCUT2D eigenvalue weighted by Crippen LogP contribution is 2.21. The van der Waals surface area contributed by atoms with E-state index in [9.17, 15) is 14.3 Å². The second-order valence-corrected chi connectivity index (χ2v) is 5.21. The molecule has 2 N–H and O–H groups in total. The van der Waals surface area contributed by atoms with E-state index in [0.717, 1.165) is 0 Å². The molecule has 0 aromatic heterocycles. The van der Waals surface area contributed by atoms with Gasteiger partial charge in [0.25, 0.3) is 5.91 Å². The Hall–Kier alpha value is -2.40. The highest BCUT2D eigenvalue weighted by Gasteiger charge is 2.12. The third-order valence-electron chi connectivity index (χ3n) is 3.43. The van der Waals surface area contributed by atoms with Crippen molar-refractivity contribution in [3.05, 3.63) is 65.0 Å². The Morgan fingerprint density at radius 1 is 1.30 bits per heavy atom. The molecule has 1 unspecified atom stereocenters. The lowest BCUT2D eigenvalue weighted by Gasteiger charge is -2.15. The van der Waals surface area contributed by atoms with Gasteiger partial charge in [0, 0.05) is 12.1 Å². The van der Waals surface area contributed by atoms with Crippen molar-refractivity contribution in [3.63, 3.8) is 0 Å². The minimum Gasteiger partial charge on any atom is -0.491 e. The Morgan fingerprint density at radius 3 is 2.78 bits per heavy atom. The van der Waals surface area contributed by atoms with E-state index < -0.39 is 6.10 Å². The summed E-state index contributed by atoms with van der Waals surface area (Å²) in [6.45, 7) is 4.15. The van der Waals surface area contributed by atoms with Crippen LogP contribution in [0.2, 0.25) is 0 Å². The van der Waals surface area contributed by atoms with Gasteiger partial charge in [-0.05, 0) is 55.3 Å². The van der Waals surface area contributed by atoms with Gasteiger partial charge in [-0.3, -0.25) is 4.79 Å². The molecule has 5 heteroatoms. The fraction of sp³-hybridized carbons (Fsp3) is 0.278. The molecule has 122 valence electrons. The van der Waals surface area contributed by atoms with Crippen LogP contribution in [0.4, 0.5) is 4.39 Å². The van der Waals surface area contributed by atoms with E-state index in [0.29, 0.717) is 29.0 Å². The Bertz CT molecular complexity index is 688. The molecule has 0 fully saturated rings. The maximum Gasteiger partial charge on any atom is 0.251 e. The summed E-state index contributed by atoms with van der Waals surface area (Å²) in [7, 11) is 0. The van der Waals surface area contributed by atoms with Crippen LogP contribution in [0.3, 0.4) is 0 Å². The molecule has 0 aliphatic carbocycles. The number of carbonyl (C=O) groups is 1. The molecule has 1 amide bonds. The van der Waals surface area contributed by atoms with Crippen molar-refractivity contribution in [2.75, 3.05) is 13.2 Å². The van der Waals surface area contributed by atoms with E-state index >= 15 is 0 Å². The molecular formula is C18H20FNO3. The average Bonchev–Trinajstić information content (AvgIpc) is 2.53. The molecule has 2 rings (SSSR count). The number of hydrogen-bond donors (Lipinski definition) is 2. The van der Waals surface area contributed by atoms with Crippen LogP contribution in [0.25, 0.3) is 0 Å². The van der Waals surface area contributed by atoms with Crippen molar-refractivity contribution in [3.8, 4) is 5.75 Å². The number of amides is 1. The van der Waals surface area contributed by atoms with Crippen LogP contribution in [0, 0.1) is 12.7 Å². The molecule has 0 aliphatic rings. The molecule has 4 nitrogen and oxygen atoms in total. The Kier molecular flexibility index (Phi) is 5.71. The van der Waals surface area contributed by atoms with E-state index in [1.54, 1.807) is 37.3 Å². The van der Waals surface area contributed by atoms with Gasteiger partial charge in [-0.2, -0.15) is 0 Å². The third-order valence-corrected chi connectivity index (χ3v) is 3.43. The van der Waals surface area contributed by atoms with Gasteiger partial charge in [-0.15, -0.1) is 0 Å². The molecule has 2 aromatic rings. The van der Waals surface area contributed by atoms with Crippen LogP contribution in [0.15, 0.2) is 42.5 Å². The number of benzene rings is 2. The minimum absolute atomic E-state index is 0.0192. The van der Waals surface area contributed by atoms with Gasteiger partial charge in [-0.1, -0.05) is 12.1 Å². The molecular weight excluding hydrogens is 297 g/mol. The van der Waals surface area contributed by atoms with Gasteiger partial charge in [0.15, 0.2) is 0 Å². The van der Waals surface area contributed by atoms with Gasteiger partial charge in [0.1, 0.15) is 24.3 Å². The van der Waals surface area contributed by atoms with Gasteiger partial charge < -0.3 is 15.2 Å².